The van der Waals surface area contributed by atoms with Gasteiger partial charge < -0.3 is 9.47 Å². The van der Waals surface area contributed by atoms with Crippen molar-refractivity contribution in [2.24, 2.45) is 0 Å². The highest BCUT2D eigenvalue weighted by Gasteiger charge is 2.33. The molecule has 0 spiro atoms. The molecule has 0 N–H and O–H groups in total. The van der Waals surface area contributed by atoms with Gasteiger partial charge in [-0.15, -0.1) is 5.10 Å². The van der Waals surface area contributed by atoms with Gasteiger partial charge in [0.05, 0.1) is 17.6 Å². The summed E-state index contributed by atoms with van der Waals surface area (Å²) in [6, 6.07) is 12.6. The molecule has 31 heavy (non-hydrogen) atoms. The second-order valence-electron chi connectivity index (χ2n) is 6.79. The number of fused-ring (bicyclic) bond motifs is 3. The van der Waals surface area contributed by atoms with Crippen molar-refractivity contribution in [3.05, 3.63) is 58.1 Å². The molecule has 0 saturated carbocycles. The van der Waals surface area contributed by atoms with Crippen LogP contribution in [0.3, 0.4) is 0 Å². The van der Waals surface area contributed by atoms with Crippen LogP contribution in [0.25, 0.3) is 22.3 Å². The van der Waals surface area contributed by atoms with Crippen molar-refractivity contribution >= 4 is 51.8 Å². The van der Waals surface area contributed by atoms with Gasteiger partial charge in [-0.25, -0.2) is 9.97 Å². The summed E-state index contributed by atoms with van der Waals surface area (Å²) in [5, 5.41) is 7.63. The second kappa shape index (κ2) is 7.71. The van der Waals surface area contributed by atoms with Crippen LogP contribution < -0.4 is 4.74 Å². The standard InChI is InChI=1S/C21H14Cl2N4O3S/c1-10(28)30-20-15-8-11-7-13(29-2)4-6-17(11)24-19(15)31-21-25-18(26-27(20)21)14-5-3-12(22)9-16(14)23/h3-9,20H,1-2H3/t20-/m0/s1. The van der Waals surface area contributed by atoms with Gasteiger partial charge in [0.25, 0.3) is 0 Å². The monoisotopic (exact) mass is 472 g/mol. The molecule has 0 unspecified atom stereocenters. The third-order valence-corrected chi connectivity index (χ3v) is 6.27. The minimum atomic E-state index is -0.806. The molecule has 10 heteroatoms. The second-order valence-corrected chi connectivity index (χ2v) is 8.59. The molecule has 0 bridgehead atoms. The molecule has 5 rings (SSSR count). The van der Waals surface area contributed by atoms with E-state index in [0.717, 1.165) is 10.9 Å². The Labute approximate surface area is 191 Å². The van der Waals surface area contributed by atoms with Crippen LogP contribution in [0.2, 0.25) is 10.0 Å². The number of aromatic nitrogens is 4. The molecule has 0 aliphatic carbocycles. The first-order chi connectivity index (χ1) is 14.9. The van der Waals surface area contributed by atoms with Crippen molar-refractivity contribution in [3.8, 4) is 17.1 Å². The Balaban J connectivity index is 1.66. The number of ether oxygens (including phenoxy) is 2. The number of pyridine rings is 1. The zero-order valence-corrected chi connectivity index (χ0v) is 18.6. The van der Waals surface area contributed by atoms with Gasteiger partial charge in [0, 0.05) is 28.5 Å². The van der Waals surface area contributed by atoms with Crippen molar-refractivity contribution < 1.29 is 14.3 Å². The zero-order valence-electron chi connectivity index (χ0n) is 16.3. The molecule has 1 aliphatic rings. The highest BCUT2D eigenvalue weighted by molar-refractivity contribution is 7.99. The highest BCUT2D eigenvalue weighted by Crippen LogP contribution is 2.43. The fourth-order valence-electron chi connectivity index (χ4n) is 3.34. The van der Waals surface area contributed by atoms with E-state index >= 15 is 0 Å². The molecule has 1 aliphatic heterocycles. The third-order valence-electron chi connectivity index (χ3n) is 4.74. The molecule has 0 amide bonds. The molecular formula is C21H14Cl2N4O3S. The average Bonchev–Trinajstić information content (AvgIpc) is 3.15. The Morgan fingerprint density at radius 2 is 1.97 bits per heavy atom. The topological polar surface area (TPSA) is 79.1 Å². The minimum Gasteiger partial charge on any atom is -0.497 e. The number of carbonyl (C=O) groups excluding carboxylic acids is 1. The van der Waals surface area contributed by atoms with E-state index in [1.807, 2.05) is 24.3 Å². The first kappa shape index (κ1) is 20.1. The van der Waals surface area contributed by atoms with Crippen molar-refractivity contribution in [2.45, 2.75) is 23.3 Å². The molecule has 0 saturated heterocycles. The van der Waals surface area contributed by atoms with Crippen LogP contribution in [0.1, 0.15) is 18.7 Å². The SMILES string of the molecule is COc1ccc2nc3c(cc2c1)[C@H](OC(C)=O)n1nc(-c2ccc(Cl)cc2Cl)nc1S3. The summed E-state index contributed by atoms with van der Waals surface area (Å²) in [5.41, 5.74) is 2.14. The average molecular weight is 473 g/mol. The van der Waals surface area contributed by atoms with Crippen molar-refractivity contribution in [1.29, 1.82) is 0 Å². The summed E-state index contributed by atoms with van der Waals surface area (Å²) in [7, 11) is 1.61. The molecule has 2 aromatic carbocycles. The van der Waals surface area contributed by atoms with Crippen LogP contribution in [0.4, 0.5) is 0 Å². The van der Waals surface area contributed by atoms with Crippen LogP contribution in [-0.2, 0) is 9.53 Å². The molecule has 0 radical (unpaired) electrons. The number of carbonyl (C=O) groups is 1. The van der Waals surface area contributed by atoms with E-state index in [1.54, 1.807) is 30.0 Å². The molecule has 156 valence electrons. The number of esters is 1. The third kappa shape index (κ3) is 3.60. The van der Waals surface area contributed by atoms with E-state index in [0.29, 0.717) is 42.9 Å². The minimum absolute atomic E-state index is 0.403. The van der Waals surface area contributed by atoms with E-state index < -0.39 is 12.2 Å². The van der Waals surface area contributed by atoms with E-state index in [9.17, 15) is 4.79 Å². The lowest BCUT2D eigenvalue weighted by molar-refractivity contribution is -0.149. The van der Waals surface area contributed by atoms with Crippen LogP contribution in [0.5, 0.6) is 5.75 Å². The van der Waals surface area contributed by atoms with Gasteiger partial charge in [-0.1, -0.05) is 23.2 Å². The normalized spacial score (nSPS) is 14.8. The fourth-order valence-corrected chi connectivity index (χ4v) is 4.79. The molecule has 4 aromatic rings. The molecule has 7 nitrogen and oxygen atoms in total. The van der Waals surface area contributed by atoms with Gasteiger partial charge in [0.15, 0.2) is 11.0 Å². The summed E-state index contributed by atoms with van der Waals surface area (Å²) in [6.45, 7) is 1.35. The number of rotatable bonds is 3. The van der Waals surface area contributed by atoms with Gasteiger partial charge in [-0.3, -0.25) is 4.79 Å². The zero-order chi connectivity index (χ0) is 21.7. The van der Waals surface area contributed by atoms with Crippen molar-refractivity contribution in [3.63, 3.8) is 0 Å². The fraction of sp³-hybridized carbons (Fsp3) is 0.143. The predicted molar refractivity (Wildman–Crippen MR) is 118 cm³/mol. The molecule has 2 aromatic heterocycles. The maximum absolute atomic E-state index is 11.9. The van der Waals surface area contributed by atoms with Crippen LogP contribution >= 0.6 is 35.0 Å². The van der Waals surface area contributed by atoms with E-state index in [4.69, 9.17) is 37.7 Å². The Hall–Kier alpha value is -2.81. The Morgan fingerprint density at radius 3 is 2.71 bits per heavy atom. The van der Waals surface area contributed by atoms with Gasteiger partial charge in [-0.05, 0) is 54.2 Å². The molecular weight excluding hydrogens is 459 g/mol. The quantitative estimate of drug-likeness (QED) is 0.370. The molecule has 1 atom stereocenters. The van der Waals surface area contributed by atoms with Gasteiger partial charge in [0.1, 0.15) is 10.8 Å². The highest BCUT2D eigenvalue weighted by atomic mass is 35.5. The number of hydrogen-bond donors (Lipinski definition) is 0. The van der Waals surface area contributed by atoms with Gasteiger partial charge >= 0.3 is 5.97 Å². The number of hydrogen-bond acceptors (Lipinski definition) is 7. The van der Waals surface area contributed by atoms with Crippen LogP contribution in [-0.4, -0.2) is 32.8 Å². The lowest BCUT2D eigenvalue weighted by atomic mass is 10.1. The number of halogens is 2. The van der Waals surface area contributed by atoms with Gasteiger partial charge in [-0.2, -0.15) is 4.68 Å². The predicted octanol–water partition coefficient (Wildman–Crippen LogP) is 5.38. The summed E-state index contributed by atoms with van der Waals surface area (Å²) < 4.78 is 12.5. The Kier molecular flexibility index (Phi) is 5.00. The number of benzene rings is 2. The summed E-state index contributed by atoms with van der Waals surface area (Å²) >= 11 is 13.7. The van der Waals surface area contributed by atoms with E-state index in [1.165, 1.54) is 18.7 Å². The Bertz CT molecular complexity index is 1360. The summed E-state index contributed by atoms with van der Waals surface area (Å²) in [6.07, 6.45) is -0.806. The Morgan fingerprint density at radius 1 is 1.13 bits per heavy atom. The van der Waals surface area contributed by atoms with E-state index in [-0.39, 0.29) is 0 Å². The molecule has 0 fully saturated rings. The smallest absolute Gasteiger partial charge is 0.304 e. The largest absolute Gasteiger partial charge is 0.497 e. The van der Waals surface area contributed by atoms with Crippen LogP contribution in [0.15, 0.2) is 52.6 Å². The maximum atomic E-state index is 11.9. The number of methoxy groups -OCH3 is 1. The first-order valence-corrected chi connectivity index (χ1v) is 10.8. The number of nitrogens with zero attached hydrogens (tertiary/aromatic N) is 4. The summed E-state index contributed by atoms with van der Waals surface area (Å²) in [5.74, 6) is 0.671. The lowest BCUT2D eigenvalue weighted by Crippen LogP contribution is -2.23. The first-order valence-electron chi connectivity index (χ1n) is 9.18. The summed E-state index contributed by atoms with van der Waals surface area (Å²) in [4.78, 5) is 21.3. The lowest BCUT2D eigenvalue weighted by Gasteiger charge is -2.25. The molecule has 3 heterocycles. The van der Waals surface area contributed by atoms with Gasteiger partial charge in [0.2, 0.25) is 6.23 Å². The van der Waals surface area contributed by atoms with Crippen molar-refractivity contribution in [2.75, 3.05) is 7.11 Å². The van der Waals surface area contributed by atoms with Crippen molar-refractivity contribution in [1.82, 2.24) is 19.7 Å². The van der Waals surface area contributed by atoms with E-state index in [2.05, 4.69) is 10.1 Å². The van der Waals surface area contributed by atoms with Crippen LogP contribution in [0, 0.1) is 0 Å². The maximum Gasteiger partial charge on any atom is 0.304 e.